The van der Waals surface area contributed by atoms with Crippen LogP contribution in [-0.2, 0) is 0 Å². The Morgan fingerprint density at radius 2 is 2.14 bits per heavy atom. The molecule has 0 spiro atoms. The number of carbonyl (C=O) groups excluding carboxylic acids is 1. The topological polar surface area (TPSA) is 63.3 Å². The Morgan fingerprint density at radius 1 is 1.50 bits per heavy atom. The van der Waals surface area contributed by atoms with Crippen molar-refractivity contribution >= 4 is 27.5 Å². The summed E-state index contributed by atoms with van der Waals surface area (Å²) in [7, 11) is 0. The number of benzene rings is 1. The monoisotopic (exact) mass is 255 g/mol. The second kappa shape index (κ2) is 4.81. The summed E-state index contributed by atoms with van der Waals surface area (Å²) in [5.41, 5.74) is 6.25. The van der Waals surface area contributed by atoms with Crippen LogP contribution < -0.4 is 5.73 Å². The number of ketones is 1. The van der Waals surface area contributed by atoms with E-state index in [0.717, 1.165) is 6.20 Å². The summed E-state index contributed by atoms with van der Waals surface area (Å²) < 4.78 is 0. The van der Waals surface area contributed by atoms with E-state index in [-0.39, 0.29) is 16.9 Å². The van der Waals surface area contributed by atoms with Crippen molar-refractivity contribution in [3.63, 3.8) is 0 Å². The molecule has 0 amide bonds. The average Bonchev–Trinajstić information content (AvgIpc) is 2.27. The maximum Gasteiger partial charge on any atom is 0.173 e. The van der Waals surface area contributed by atoms with Gasteiger partial charge >= 0.3 is 0 Å². The Kier molecular flexibility index (Phi) is 3.71. The first-order valence-corrected chi connectivity index (χ1v) is 5.11. The predicted molar refractivity (Wildman–Crippen MR) is 59.4 cm³/mol. The Labute approximate surface area is 90.4 Å². The van der Waals surface area contributed by atoms with Crippen molar-refractivity contribution in [1.29, 1.82) is 0 Å². The largest absolute Gasteiger partial charge is 0.506 e. The van der Waals surface area contributed by atoms with Crippen molar-refractivity contribution in [3.8, 4) is 0 Å². The molecule has 0 aromatic heterocycles. The molecule has 74 valence electrons. The summed E-state index contributed by atoms with van der Waals surface area (Å²) in [5, 5.41) is 9.59. The summed E-state index contributed by atoms with van der Waals surface area (Å²) in [4.78, 5) is 11.3. The van der Waals surface area contributed by atoms with Crippen LogP contribution in [0.1, 0.15) is 15.9 Å². The molecule has 0 aliphatic heterocycles. The van der Waals surface area contributed by atoms with Gasteiger partial charge in [-0.1, -0.05) is 34.1 Å². The third kappa shape index (κ3) is 2.35. The molecule has 3 nitrogen and oxygen atoms in total. The Balaban J connectivity index is 3.07. The molecular weight excluding hydrogens is 246 g/mol. The SMILES string of the molecule is N/C=C(/O)c1cccc(C(=O)CBr)c1. The van der Waals surface area contributed by atoms with Gasteiger partial charge in [0.05, 0.1) is 5.33 Å². The Morgan fingerprint density at radius 3 is 2.71 bits per heavy atom. The third-order valence-corrected chi connectivity index (χ3v) is 2.27. The molecular formula is C10H10BrNO2. The molecule has 0 heterocycles. The predicted octanol–water partition coefficient (Wildman–Crippen LogP) is 2.08. The molecule has 0 aliphatic carbocycles. The van der Waals surface area contributed by atoms with Gasteiger partial charge in [-0.3, -0.25) is 4.79 Å². The zero-order valence-electron chi connectivity index (χ0n) is 7.40. The maximum atomic E-state index is 11.3. The highest BCUT2D eigenvalue weighted by molar-refractivity contribution is 9.09. The number of hydrogen-bond acceptors (Lipinski definition) is 3. The summed E-state index contributed by atoms with van der Waals surface area (Å²) in [6.07, 6.45) is 1.09. The fraction of sp³-hybridized carbons (Fsp3) is 0.100. The lowest BCUT2D eigenvalue weighted by molar-refractivity contribution is 0.102. The van der Waals surface area contributed by atoms with Gasteiger partial charge in [-0.15, -0.1) is 0 Å². The first kappa shape index (κ1) is 10.8. The second-order valence-corrected chi connectivity index (χ2v) is 3.25. The molecule has 0 atom stereocenters. The molecule has 1 aromatic carbocycles. The van der Waals surface area contributed by atoms with Crippen LogP contribution in [0.2, 0.25) is 0 Å². The molecule has 0 fully saturated rings. The van der Waals surface area contributed by atoms with Crippen LogP contribution in [-0.4, -0.2) is 16.2 Å². The fourth-order valence-corrected chi connectivity index (χ4v) is 1.35. The van der Waals surface area contributed by atoms with E-state index in [1.165, 1.54) is 0 Å². The van der Waals surface area contributed by atoms with Gasteiger partial charge in [-0.05, 0) is 6.07 Å². The minimum absolute atomic E-state index is 0.0309. The van der Waals surface area contributed by atoms with Crippen LogP contribution in [0.5, 0.6) is 0 Å². The van der Waals surface area contributed by atoms with Crippen LogP contribution in [0.25, 0.3) is 5.76 Å². The zero-order chi connectivity index (χ0) is 10.6. The van der Waals surface area contributed by atoms with Gasteiger partial charge in [0.15, 0.2) is 5.78 Å². The van der Waals surface area contributed by atoms with Crippen LogP contribution in [0.3, 0.4) is 0 Å². The van der Waals surface area contributed by atoms with E-state index in [1.54, 1.807) is 24.3 Å². The molecule has 1 aromatic rings. The van der Waals surface area contributed by atoms with Gasteiger partial charge in [0, 0.05) is 17.3 Å². The molecule has 0 aliphatic rings. The summed E-state index contributed by atoms with van der Waals surface area (Å²) in [6.45, 7) is 0. The van der Waals surface area contributed by atoms with E-state index in [0.29, 0.717) is 11.1 Å². The van der Waals surface area contributed by atoms with E-state index in [1.807, 2.05) is 0 Å². The second-order valence-electron chi connectivity index (χ2n) is 2.69. The number of hydrogen-bond donors (Lipinski definition) is 2. The molecule has 0 saturated heterocycles. The van der Waals surface area contributed by atoms with Crippen molar-refractivity contribution in [2.75, 3.05) is 5.33 Å². The number of Topliss-reactive ketones (excluding diaryl/α,β-unsaturated/α-hetero) is 1. The average molecular weight is 256 g/mol. The number of rotatable bonds is 3. The molecule has 3 N–H and O–H groups in total. The number of nitrogens with two attached hydrogens (primary N) is 1. The van der Waals surface area contributed by atoms with Gasteiger partial charge in [0.25, 0.3) is 0 Å². The highest BCUT2D eigenvalue weighted by Gasteiger charge is 2.05. The number of alkyl halides is 1. The molecule has 0 unspecified atom stereocenters. The van der Waals surface area contributed by atoms with Gasteiger partial charge in [0.1, 0.15) is 5.76 Å². The van der Waals surface area contributed by atoms with E-state index in [2.05, 4.69) is 15.9 Å². The number of halogens is 1. The summed E-state index contributed by atoms with van der Waals surface area (Å²) in [6, 6.07) is 6.67. The van der Waals surface area contributed by atoms with Crippen molar-refractivity contribution < 1.29 is 9.90 Å². The summed E-state index contributed by atoms with van der Waals surface area (Å²) >= 11 is 3.08. The molecule has 0 radical (unpaired) electrons. The lowest BCUT2D eigenvalue weighted by atomic mass is 10.1. The van der Waals surface area contributed by atoms with Crippen molar-refractivity contribution in [1.82, 2.24) is 0 Å². The van der Waals surface area contributed by atoms with E-state index in [4.69, 9.17) is 5.73 Å². The maximum absolute atomic E-state index is 11.3. The fourth-order valence-electron chi connectivity index (χ4n) is 1.03. The highest BCUT2D eigenvalue weighted by Crippen LogP contribution is 2.13. The normalized spacial score (nSPS) is 11.4. The lowest BCUT2D eigenvalue weighted by Gasteiger charge is -2.01. The Hall–Kier alpha value is -1.29. The molecule has 0 saturated carbocycles. The highest BCUT2D eigenvalue weighted by atomic mass is 79.9. The van der Waals surface area contributed by atoms with E-state index >= 15 is 0 Å². The minimum atomic E-state index is -0.0331. The number of carbonyl (C=O) groups is 1. The quantitative estimate of drug-likeness (QED) is 0.494. The summed E-state index contributed by atoms with van der Waals surface area (Å²) in [5.74, 6) is -0.0640. The van der Waals surface area contributed by atoms with E-state index < -0.39 is 0 Å². The first-order chi connectivity index (χ1) is 6.69. The minimum Gasteiger partial charge on any atom is -0.506 e. The van der Waals surface area contributed by atoms with Crippen LogP contribution in [0.15, 0.2) is 30.5 Å². The Bertz CT molecular complexity index is 374. The number of aliphatic hydroxyl groups is 1. The van der Waals surface area contributed by atoms with E-state index in [9.17, 15) is 9.90 Å². The first-order valence-electron chi connectivity index (χ1n) is 3.99. The zero-order valence-corrected chi connectivity index (χ0v) is 8.99. The van der Waals surface area contributed by atoms with Crippen LogP contribution in [0, 0.1) is 0 Å². The molecule has 0 bridgehead atoms. The third-order valence-electron chi connectivity index (χ3n) is 1.76. The lowest BCUT2D eigenvalue weighted by Crippen LogP contribution is -2.00. The van der Waals surface area contributed by atoms with Crippen LogP contribution >= 0.6 is 15.9 Å². The van der Waals surface area contributed by atoms with Crippen LogP contribution in [0.4, 0.5) is 0 Å². The van der Waals surface area contributed by atoms with Crippen molar-refractivity contribution in [2.45, 2.75) is 0 Å². The molecule has 4 heteroatoms. The van der Waals surface area contributed by atoms with Gasteiger partial charge in [-0.25, -0.2) is 0 Å². The number of aliphatic hydroxyl groups excluding tert-OH is 1. The standard InChI is InChI=1S/C10H10BrNO2/c11-5-9(13)7-2-1-3-8(4-7)10(14)6-12/h1-4,6,14H,5,12H2/b10-6+. The molecule has 1 rings (SSSR count). The smallest absolute Gasteiger partial charge is 0.173 e. The van der Waals surface area contributed by atoms with Gasteiger partial charge in [-0.2, -0.15) is 0 Å². The molecule has 14 heavy (non-hydrogen) atoms. The van der Waals surface area contributed by atoms with Gasteiger partial charge < -0.3 is 10.8 Å². The van der Waals surface area contributed by atoms with Crippen molar-refractivity contribution in [2.24, 2.45) is 5.73 Å². The van der Waals surface area contributed by atoms with Crippen molar-refractivity contribution in [3.05, 3.63) is 41.6 Å². The van der Waals surface area contributed by atoms with Gasteiger partial charge in [0.2, 0.25) is 0 Å².